The smallest absolute Gasteiger partial charge is 0.462 e. The van der Waals surface area contributed by atoms with Gasteiger partial charge in [0.1, 0.15) is 6.61 Å². The van der Waals surface area contributed by atoms with Crippen LogP contribution in [-0.2, 0) is 32.9 Å². The molecule has 9 nitrogen and oxygen atoms in total. The molecule has 1 atom stereocenters. The van der Waals surface area contributed by atoms with Crippen LogP contribution in [0.25, 0.3) is 0 Å². The van der Waals surface area contributed by atoms with Crippen molar-refractivity contribution in [2.45, 2.75) is 148 Å². The fourth-order valence-electron chi connectivity index (χ4n) is 4.20. The number of carbonyl (C=O) groups excluding carboxylic acids is 3. The van der Waals surface area contributed by atoms with Gasteiger partial charge >= 0.3 is 19.8 Å². The lowest BCUT2D eigenvalue weighted by molar-refractivity contribution is -0.161. The zero-order valence-corrected chi connectivity index (χ0v) is 26.7. The molecule has 0 heterocycles. The first-order valence-corrected chi connectivity index (χ1v) is 17.8. The molecule has 11 heteroatoms. The quantitative estimate of drug-likeness (QED) is 0.0516. The van der Waals surface area contributed by atoms with Crippen molar-refractivity contribution in [1.29, 1.82) is 0 Å². The number of phosphoric acid groups is 1. The van der Waals surface area contributed by atoms with Crippen molar-refractivity contribution in [3.05, 3.63) is 0 Å². The van der Waals surface area contributed by atoms with Crippen LogP contribution >= 0.6 is 19.6 Å². The third kappa shape index (κ3) is 30.0. The van der Waals surface area contributed by atoms with E-state index in [4.69, 9.17) is 19.3 Å². The number of rotatable bonds is 28. The molecule has 236 valence electrons. The fraction of sp³-hybridized carbons (Fsp3) is 0.897. The lowest BCUT2D eigenvalue weighted by atomic mass is 10.1. The van der Waals surface area contributed by atoms with E-state index in [-0.39, 0.29) is 24.6 Å². The van der Waals surface area contributed by atoms with Crippen LogP contribution in [-0.4, -0.2) is 51.9 Å². The molecule has 2 N–H and O–H groups in total. The van der Waals surface area contributed by atoms with Gasteiger partial charge in [0.2, 0.25) is 0 Å². The Balaban J connectivity index is 3.97. The summed E-state index contributed by atoms with van der Waals surface area (Å²) in [6.45, 7) is 2.95. The summed E-state index contributed by atoms with van der Waals surface area (Å²) >= 11 is 1.40. The Morgan fingerprint density at radius 3 is 1.60 bits per heavy atom. The van der Waals surface area contributed by atoms with E-state index in [1.807, 2.05) is 0 Å². The maximum atomic E-state index is 12.2. The molecule has 0 saturated heterocycles. The number of unbranched alkanes of at least 4 members (excludes halogenated alkanes) is 16. The number of ether oxygens (including phenoxy) is 2. The predicted molar refractivity (Wildman–Crippen MR) is 160 cm³/mol. The summed E-state index contributed by atoms with van der Waals surface area (Å²) in [6.07, 6.45) is 19.0. The standard InChI is InChI=1S/C29H55O9PS/c1-3-4-5-6-7-12-16-19-22-29(32)38-27(25-37-39(33,34)35)24-36-28(31)21-18-15-13-10-8-9-11-14-17-20-23-40-26(2)30/h27H,3-25H2,1-2H3,(H2,33,34,35)/t27-/m1/s1. The van der Waals surface area contributed by atoms with Gasteiger partial charge in [0, 0.05) is 25.5 Å². The number of phosphoric ester groups is 1. The summed E-state index contributed by atoms with van der Waals surface area (Å²) in [5.41, 5.74) is 0. The number of thioether (sulfide) groups is 1. The van der Waals surface area contributed by atoms with E-state index in [9.17, 15) is 18.9 Å². The molecule has 0 fully saturated rings. The van der Waals surface area contributed by atoms with Crippen molar-refractivity contribution < 1.29 is 42.7 Å². The molecule has 0 aliphatic carbocycles. The maximum absolute atomic E-state index is 12.2. The molecular weight excluding hydrogens is 555 g/mol. The van der Waals surface area contributed by atoms with Crippen LogP contribution in [0.1, 0.15) is 142 Å². The molecule has 0 aliphatic rings. The molecule has 0 aromatic heterocycles. The van der Waals surface area contributed by atoms with Gasteiger partial charge in [0.05, 0.1) is 6.61 Å². The Morgan fingerprint density at radius 2 is 1.12 bits per heavy atom. The Morgan fingerprint density at radius 1 is 0.675 bits per heavy atom. The van der Waals surface area contributed by atoms with Crippen molar-refractivity contribution in [3.8, 4) is 0 Å². The van der Waals surface area contributed by atoms with Crippen molar-refractivity contribution in [2.75, 3.05) is 19.0 Å². The summed E-state index contributed by atoms with van der Waals surface area (Å²) in [5.74, 6) is 0.000894. The lowest BCUT2D eigenvalue weighted by Crippen LogP contribution is -2.29. The predicted octanol–water partition coefficient (Wildman–Crippen LogP) is 7.65. The van der Waals surface area contributed by atoms with E-state index < -0.39 is 32.5 Å². The van der Waals surface area contributed by atoms with Gasteiger partial charge in [-0.1, -0.05) is 115 Å². The molecule has 0 spiro atoms. The highest BCUT2D eigenvalue weighted by atomic mass is 32.2. The molecule has 0 aromatic rings. The van der Waals surface area contributed by atoms with Crippen LogP contribution in [0.4, 0.5) is 0 Å². The monoisotopic (exact) mass is 610 g/mol. The van der Waals surface area contributed by atoms with Crippen molar-refractivity contribution >= 4 is 36.6 Å². The van der Waals surface area contributed by atoms with E-state index in [1.165, 1.54) is 69.5 Å². The molecule has 0 aromatic carbocycles. The summed E-state index contributed by atoms with van der Waals surface area (Å²) in [7, 11) is -4.74. The minimum absolute atomic E-state index is 0.190. The van der Waals surface area contributed by atoms with Gasteiger partial charge < -0.3 is 19.3 Å². The zero-order chi connectivity index (χ0) is 29.9. The van der Waals surface area contributed by atoms with Gasteiger partial charge in [-0.3, -0.25) is 18.9 Å². The van der Waals surface area contributed by atoms with Gasteiger partial charge in [-0.15, -0.1) is 0 Å². The Bertz CT molecular complexity index is 699. The minimum atomic E-state index is -4.74. The summed E-state index contributed by atoms with van der Waals surface area (Å²) in [4.78, 5) is 53.1. The third-order valence-corrected chi connectivity index (χ3v) is 7.86. The highest BCUT2D eigenvalue weighted by Crippen LogP contribution is 2.35. The average molecular weight is 611 g/mol. The first kappa shape index (κ1) is 39.1. The highest BCUT2D eigenvalue weighted by molar-refractivity contribution is 8.13. The molecular formula is C29H55O9PS. The van der Waals surface area contributed by atoms with Crippen molar-refractivity contribution in [1.82, 2.24) is 0 Å². The van der Waals surface area contributed by atoms with Gasteiger partial charge in [-0.25, -0.2) is 4.57 Å². The molecule has 40 heavy (non-hydrogen) atoms. The number of hydrogen-bond acceptors (Lipinski definition) is 8. The molecule has 0 saturated carbocycles. The zero-order valence-electron chi connectivity index (χ0n) is 24.9. The average Bonchev–Trinajstić information content (AvgIpc) is 2.89. The third-order valence-electron chi connectivity index (χ3n) is 6.47. The van der Waals surface area contributed by atoms with Crippen molar-refractivity contribution in [3.63, 3.8) is 0 Å². The van der Waals surface area contributed by atoms with Crippen LogP contribution in [0.5, 0.6) is 0 Å². The number of carbonyl (C=O) groups is 3. The van der Waals surface area contributed by atoms with E-state index in [2.05, 4.69) is 11.4 Å². The second kappa shape index (κ2) is 26.9. The Hall–Kier alpha value is -0.930. The van der Waals surface area contributed by atoms with E-state index in [1.54, 1.807) is 6.92 Å². The van der Waals surface area contributed by atoms with Gasteiger partial charge in [0.15, 0.2) is 11.2 Å². The van der Waals surface area contributed by atoms with Gasteiger partial charge in [0.25, 0.3) is 0 Å². The maximum Gasteiger partial charge on any atom is 0.469 e. The normalized spacial score (nSPS) is 12.3. The molecule has 0 rings (SSSR count). The summed E-state index contributed by atoms with van der Waals surface area (Å²) in [5, 5.41) is 0.190. The molecule has 0 aliphatic heterocycles. The van der Waals surface area contributed by atoms with Crippen molar-refractivity contribution in [2.24, 2.45) is 0 Å². The van der Waals surface area contributed by atoms with Crippen LogP contribution in [0.15, 0.2) is 0 Å². The van der Waals surface area contributed by atoms with Crippen LogP contribution in [0.2, 0.25) is 0 Å². The molecule has 0 bridgehead atoms. The fourth-order valence-corrected chi connectivity index (χ4v) is 5.20. The second-order valence-electron chi connectivity index (χ2n) is 10.4. The SMILES string of the molecule is CCCCCCCCCCC(=O)O[C@H](COC(=O)CCCCCCCCCCCCSC(C)=O)COP(=O)(O)O. The number of esters is 2. The van der Waals surface area contributed by atoms with Crippen LogP contribution in [0.3, 0.4) is 0 Å². The largest absolute Gasteiger partial charge is 0.469 e. The first-order valence-electron chi connectivity index (χ1n) is 15.3. The molecule has 0 radical (unpaired) electrons. The highest BCUT2D eigenvalue weighted by Gasteiger charge is 2.22. The van der Waals surface area contributed by atoms with Gasteiger partial charge in [-0.05, 0) is 19.3 Å². The van der Waals surface area contributed by atoms with E-state index >= 15 is 0 Å². The minimum Gasteiger partial charge on any atom is -0.462 e. The lowest BCUT2D eigenvalue weighted by Gasteiger charge is -2.18. The summed E-state index contributed by atoms with van der Waals surface area (Å²) in [6, 6.07) is 0. The van der Waals surface area contributed by atoms with Crippen LogP contribution in [0, 0.1) is 0 Å². The molecule has 0 amide bonds. The van der Waals surface area contributed by atoms with Crippen LogP contribution < -0.4 is 0 Å². The number of hydrogen-bond donors (Lipinski definition) is 2. The summed E-state index contributed by atoms with van der Waals surface area (Å²) < 4.78 is 26.0. The van der Waals surface area contributed by atoms with E-state index in [0.717, 1.165) is 50.7 Å². The van der Waals surface area contributed by atoms with Gasteiger partial charge in [-0.2, -0.15) is 0 Å². The first-order chi connectivity index (χ1) is 19.1. The topological polar surface area (TPSA) is 136 Å². The van der Waals surface area contributed by atoms with E-state index in [0.29, 0.717) is 12.8 Å². The Labute approximate surface area is 246 Å². The molecule has 0 unspecified atom stereocenters. The Kier molecular flexibility index (Phi) is 26.3. The second-order valence-corrected chi connectivity index (χ2v) is 12.9.